The van der Waals surface area contributed by atoms with Crippen molar-refractivity contribution in [1.82, 2.24) is 29.1 Å². The lowest BCUT2D eigenvalue weighted by molar-refractivity contribution is -0.116. The number of nitrogens with one attached hydrogen (secondary N) is 1. The molecule has 1 amide bonds. The Labute approximate surface area is 144 Å². The van der Waals surface area contributed by atoms with Crippen LogP contribution in [0.5, 0.6) is 0 Å². The summed E-state index contributed by atoms with van der Waals surface area (Å²) in [6.07, 6.45) is 4.92. The van der Waals surface area contributed by atoms with Gasteiger partial charge in [0.1, 0.15) is 18.3 Å². The Kier molecular flexibility index (Phi) is 4.64. The Morgan fingerprint density at radius 2 is 2.16 bits per heavy atom. The molecule has 3 aromatic rings. The molecule has 25 heavy (non-hydrogen) atoms. The number of hydrogen-bond donors (Lipinski definition) is 1. The zero-order chi connectivity index (χ0) is 18.0. The lowest BCUT2D eigenvalue weighted by Crippen LogP contribution is -2.28. The van der Waals surface area contributed by atoms with Crippen molar-refractivity contribution < 1.29 is 4.79 Å². The average Bonchev–Trinajstić information content (AvgIpc) is 3.11. The van der Waals surface area contributed by atoms with Crippen molar-refractivity contribution in [2.45, 2.75) is 39.8 Å². The molecule has 0 fully saturated rings. The molecule has 0 aliphatic rings. The molecule has 3 rings (SSSR count). The summed E-state index contributed by atoms with van der Waals surface area (Å²) in [7, 11) is 1.71. The highest BCUT2D eigenvalue weighted by molar-refractivity contribution is 5.89. The quantitative estimate of drug-likeness (QED) is 0.722. The summed E-state index contributed by atoms with van der Waals surface area (Å²) in [5.41, 5.74) is 1.18. The van der Waals surface area contributed by atoms with Gasteiger partial charge in [-0.05, 0) is 13.3 Å². The van der Waals surface area contributed by atoms with Crippen molar-refractivity contribution in [3.05, 3.63) is 34.6 Å². The standard InChI is InChI=1S/C16H21N7O2/c1-4-5-6-23-11(2)7-13(20-23)19-14(24)9-22-10-17-15-12(16(22)25)8-18-21(15)3/h7-8,10H,4-6,9H2,1-3H3,(H,19,20,24). The molecule has 132 valence electrons. The van der Waals surface area contributed by atoms with Crippen LogP contribution in [-0.4, -0.2) is 35.0 Å². The second-order valence-corrected chi connectivity index (χ2v) is 5.98. The number of amides is 1. The highest BCUT2D eigenvalue weighted by Gasteiger charge is 2.12. The molecule has 1 N–H and O–H groups in total. The third kappa shape index (κ3) is 3.44. The van der Waals surface area contributed by atoms with Crippen LogP contribution >= 0.6 is 0 Å². The molecule has 0 unspecified atom stereocenters. The summed E-state index contributed by atoms with van der Waals surface area (Å²) < 4.78 is 4.65. The summed E-state index contributed by atoms with van der Waals surface area (Å²) in [6.45, 7) is 4.76. The summed E-state index contributed by atoms with van der Waals surface area (Å²) in [5.74, 6) is 0.161. The molecular weight excluding hydrogens is 322 g/mol. The van der Waals surface area contributed by atoms with Crippen LogP contribution in [0.3, 0.4) is 0 Å². The van der Waals surface area contributed by atoms with Gasteiger partial charge in [-0.2, -0.15) is 10.2 Å². The molecule has 0 aliphatic carbocycles. The zero-order valence-electron chi connectivity index (χ0n) is 14.6. The van der Waals surface area contributed by atoms with Crippen molar-refractivity contribution in [3.63, 3.8) is 0 Å². The maximum absolute atomic E-state index is 12.4. The van der Waals surface area contributed by atoms with Crippen molar-refractivity contribution >= 4 is 22.8 Å². The fraction of sp³-hybridized carbons (Fsp3) is 0.438. The number of aryl methyl sites for hydroxylation is 3. The number of fused-ring (bicyclic) bond motifs is 1. The van der Waals surface area contributed by atoms with Gasteiger partial charge in [0, 0.05) is 25.4 Å². The summed E-state index contributed by atoms with van der Waals surface area (Å²) in [4.78, 5) is 28.8. The highest BCUT2D eigenvalue weighted by atomic mass is 16.2. The van der Waals surface area contributed by atoms with Gasteiger partial charge in [0.2, 0.25) is 5.91 Å². The third-order valence-electron chi connectivity index (χ3n) is 4.00. The number of unbranched alkanes of at least 4 members (excludes halogenated alkanes) is 1. The average molecular weight is 343 g/mol. The van der Waals surface area contributed by atoms with E-state index >= 15 is 0 Å². The van der Waals surface area contributed by atoms with Crippen LogP contribution in [0.1, 0.15) is 25.5 Å². The highest BCUT2D eigenvalue weighted by Crippen LogP contribution is 2.10. The number of hydrogen-bond acceptors (Lipinski definition) is 5. The van der Waals surface area contributed by atoms with Crippen LogP contribution in [-0.2, 0) is 24.9 Å². The molecule has 0 aliphatic heterocycles. The van der Waals surface area contributed by atoms with E-state index in [4.69, 9.17) is 0 Å². The molecule has 9 nitrogen and oxygen atoms in total. The smallest absolute Gasteiger partial charge is 0.264 e. The van der Waals surface area contributed by atoms with E-state index in [-0.39, 0.29) is 18.0 Å². The van der Waals surface area contributed by atoms with E-state index in [0.717, 1.165) is 25.1 Å². The number of carbonyl (C=O) groups is 1. The summed E-state index contributed by atoms with van der Waals surface area (Å²) in [6, 6.07) is 1.82. The Morgan fingerprint density at radius 1 is 1.36 bits per heavy atom. The largest absolute Gasteiger partial charge is 0.308 e. The van der Waals surface area contributed by atoms with E-state index in [1.807, 2.05) is 17.7 Å². The van der Waals surface area contributed by atoms with E-state index in [2.05, 4.69) is 27.4 Å². The lowest BCUT2D eigenvalue weighted by atomic mass is 10.3. The van der Waals surface area contributed by atoms with Crippen LogP contribution in [0.25, 0.3) is 11.0 Å². The molecule has 9 heteroatoms. The molecule has 0 radical (unpaired) electrons. The first-order valence-electron chi connectivity index (χ1n) is 8.21. The maximum atomic E-state index is 12.4. The molecule has 0 spiro atoms. The molecule has 0 bridgehead atoms. The predicted molar refractivity (Wildman–Crippen MR) is 93.3 cm³/mol. The van der Waals surface area contributed by atoms with Gasteiger partial charge in [-0.3, -0.25) is 23.5 Å². The number of nitrogens with zero attached hydrogens (tertiary/aromatic N) is 6. The molecule has 3 heterocycles. The maximum Gasteiger partial charge on any atom is 0.264 e. The van der Waals surface area contributed by atoms with E-state index in [9.17, 15) is 9.59 Å². The van der Waals surface area contributed by atoms with Gasteiger partial charge in [0.15, 0.2) is 11.5 Å². The Hall–Kier alpha value is -2.97. The Bertz CT molecular complexity index is 967. The van der Waals surface area contributed by atoms with Gasteiger partial charge in [-0.1, -0.05) is 13.3 Å². The molecule has 0 saturated heterocycles. The zero-order valence-corrected chi connectivity index (χ0v) is 14.6. The summed E-state index contributed by atoms with van der Waals surface area (Å²) >= 11 is 0. The topological polar surface area (TPSA) is 99.6 Å². The molecule has 0 aromatic carbocycles. The Morgan fingerprint density at radius 3 is 2.92 bits per heavy atom. The molecule has 3 aromatic heterocycles. The molecular formula is C16H21N7O2. The second-order valence-electron chi connectivity index (χ2n) is 5.98. The van der Waals surface area contributed by atoms with Crippen molar-refractivity contribution in [2.75, 3.05) is 5.32 Å². The minimum Gasteiger partial charge on any atom is -0.308 e. The van der Waals surface area contributed by atoms with Gasteiger partial charge >= 0.3 is 0 Å². The fourth-order valence-corrected chi connectivity index (χ4v) is 2.62. The minimum atomic E-state index is -0.327. The van der Waals surface area contributed by atoms with Crippen LogP contribution < -0.4 is 10.9 Å². The van der Waals surface area contributed by atoms with Gasteiger partial charge in [-0.25, -0.2) is 4.98 Å². The Balaban J connectivity index is 1.73. The fourth-order valence-electron chi connectivity index (χ4n) is 2.62. The first-order valence-corrected chi connectivity index (χ1v) is 8.21. The van der Waals surface area contributed by atoms with E-state index < -0.39 is 0 Å². The molecule has 0 atom stereocenters. The SMILES string of the molecule is CCCCn1nc(NC(=O)Cn2cnc3c(cnn3C)c2=O)cc1C. The van der Waals surface area contributed by atoms with Crippen molar-refractivity contribution in [1.29, 1.82) is 0 Å². The number of carbonyl (C=O) groups excluding carboxylic acids is 1. The third-order valence-corrected chi connectivity index (χ3v) is 4.00. The predicted octanol–water partition coefficient (Wildman–Crippen LogP) is 1.07. The second kappa shape index (κ2) is 6.88. The van der Waals surface area contributed by atoms with E-state index in [1.54, 1.807) is 7.05 Å². The number of anilines is 1. The van der Waals surface area contributed by atoms with Gasteiger partial charge in [-0.15, -0.1) is 0 Å². The van der Waals surface area contributed by atoms with Crippen LogP contribution in [0.4, 0.5) is 5.82 Å². The van der Waals surface area contributed by atoms with Crippen LogP contribution in [0, 0.1) is 6.92 Å². The van der Waals surface area contributed by atoms with Crippen molar-refractivity contribution in [2.24, 2.45) is 7.05 Å². The van der Waals surface area contributed by atoms with Crippen molar-refractivity contribution in [3.8, 4) is 0 Å². The monoisotopic (exact) mass is 343 g/mol. The van der Waals surface area contributed by atoms with Crippen LogP contribution in [0.2, 0.25) is 0 Å². The van der Waals surface area contributed by atoms with Crippen LogP contribution in [0.15, 0.2) is 23.4 Å². The first-order chi connectivity index (χ1) is 12.0. The summed E-state index contributed by atoms with van der Waals surface area (Å²) in [5, 5.41) is 11.5. The van der Waals surface area contributed by atoms with Gasteiger partial charge in [0.25, 0.3) is 5.56 Å². The minimum absolute atomic E-state index is 0.127. The lowest BCUT2D eigenvalue weighted by Gasteiger charge is -2.05. The van der Waals surface area contributed by atoms with Gasteiger partial charge < -0.3 is 5.32 Å². The number of aromatic nitrogens is 6. The van der Waals surface area contributed by atoms with E-state index in [0.29, 0.717) is 16.9 Å². The molecule has 0 saturated carbocycles. The first kappa shape index (κ1) is 16.9. The van der Waals surface area contributed by atoms with E-state index in [1.165, 1.54) is 21.8 Å². The normalized spacial score (nSPS) is 11.2. The van der Waals surface area contributed by atoms with Gasteiger partial charge in [0.05, 0.1) is 6.20 Å². The number of rotatable bonds is 6.